The molecule has 0 bridgehead atoms. The lowest BCUT2D eigenvalue weighted by Crippen LogP contribution is -2.13. The van der Waals surface area contributed by atoms with Gasteiger partial charge in [0.25, 0.3) is 0 Å². The first-order valence-electron chi connectivity index (χ1n) is 2.68. The van der Waals surface area contributed by atoms with Crippen LogP contribution in [0.15, 0.2) is 0 Å². The molecule has 0 aliphatic heterocycles. The van der Waals surface area contributed by atoms with E-state index in [1.54, 1.807) is 10.8 Å². The molecular weight excluding hydrogens is 138 g/mol. The fraction of sp³-hybridized carbons (Fsp3) is 1.00. The van der Waals surface area contributed by atoms with Gasteiger partial charge in [0.15, 0.2) is 0 Å². The lowest BCUT2D eigenvalue weighted by atomic mass is 10.5. The molecule has 0 unspecified atom stereocenters. The van der Waals surface area contributed by atoms with Crippen LogP contribution >= 0.6 is 22.5 Å². The van der Waals surface area contributed by atoms with E-state index >= 15 is 0 Å². The Morgan fingerprint density at radius 1 is 1.50 bits per heavy atom. The Labute approximate surface area is 60.6 Å². The minimum absolute atomic E-state index is 1.15. The minimum atomic E-state index is 1.15. The topological polar surface area (TPSA) is 3.24 Å². The van der Waals surface area contributed by atoms with Crippen LogP contribution in [0, 0.1) is 0 Å². The first-order valence-corrected chi connectivity index (χ1v) is 4.72. The summed E-state index contributed by atoms with van der Waals surface area (Å²) in [7, 11) is 5.78. The molecule has 0 aliphatic carbocycles. The summed E-state index contributed by atoms with van der Waals surface area (Å²) in [4.78, 5) is 2.18. The van der Waals surface area contributed by atoms with Crippen LogP contribution in [0.2, 0.25) is 0 Å². The van der Waals surface area contributed by atoms with Crippen LogP contribution in [0.4, 0.5) is 0 Å². The number of hydrogen-bond acceptors (Lipinski definition) is 3. The predicted octanol–water partition coefficient (Wildman–Crippen LogP) is 1.52. The Morgan fingerprint density at radius 2 is 2.12 bits per heavy atom. The second-order valence-corrected chi connectivity index (χ2v) is 3.43. The molecule has 0 rings (SSSR count). The van der Waals surface area contributed by atoms with E-state index in [2.05, 4.69) is 30.7 Å². The quantitative estimate of drug-likeness (QED) is 0.369. The normalized spacial score (nSPS) is 10.5. The smallest absolute Gasteiger partial charge is 0.00466 e. The van der Waals surface area contributed by atoms with Gasteiger partial charge in [-0.25, -0.2) is 0 Å². The maximum atomic E-state index is 4.02. The van der Waals surface area contributed by atoms with Gasteiger partial charge in [-0.3, -0.25) is 0 Å². The Kier molecular flexibility index (Phi) is 6.27. The fourth-order valence-corrected chi connectivity index (χ4v) is 1.09. The summed E-state index contributed by atoms with van der Waals surface area (Å²) < 4.78 is 0. The number of nitrogens with zero attached hydrogens (tertiary/aromatic N) is 1. The summed E-state index contributed by atoms with van der Waals surface area (Å²) in [6.07, 6.45) is 1.24. The van der Waals surface area contributed by atoms with Crippen LogP contribution in [-0.4, -0.2) is 31.3 Å². The van der Waals surface area contributed by atoms with Crippen LogP contribution in [0.25, 0.3) is 0 Å². The zero-order valence-electron chi connectivity index (χ0n) is 5.42. The lowest BCUT2D eigenvalue weighted by molar-refractivity contribution is 0.410. The van der Waals surface area contributed by atoms with Crippen LogP contribution < -0.4 is 0 Å². The first kappa shape index (κ1) is 8.66. The summed E-state index contributed by atoms with van der Waals surface area (Å²) in [5.41, 5.74) is 0. The molecule has 1 nitrogen and oxygen atoms in total. The van der Waals surface area contributed by atoms with E-state index in [4.69, 9.17) is 0 Å². The summed E-state index contributed by atoms with van der Waals surface area (Å²) in [6, 6.07) is 0. The molecule has 0 aromatic carbocycles. The fourth-order valence-electron chi connectivity index (χ4n) is 0.445. The second-order valence-electron chi connectivity index (χ2n) is 1.99. The van der Waals surface area contributed by atoms with E-state index in [-0.39, 0.29) is 0 Å². The second kappa shape index (κ2) is 5.79. The molecule has 0 N–H and O–H groups in total. The highest BCUT2D eigenvalue weighted by Gasteiger charge is 1.87. The van der Waals surface area contributed by atoms with Gasteiger partial charge in [-0.05, 0) is 27.1 Å². The summed E-state index contributed by atoms with van der Waals surface area (Å²) >= 11 is 4.02. The van der Waals surface area contributed by atoms with Crippen molar-refractivity contribution in [1.29, 1.82) is 0 Å². The van der Waals surface area contributed by atoms with Gasteiger partial charge in [0.05, 0.1) is 0 Å². The van der Waals surface area contributed by atoms with Crippen molar-refractivity contribution in [3.63, 3.8) is 0 Å². The van der Waals surface area contributed by atoms with E-state index in [0.29, 0.717) is 0 Å². The van der Waals surface area contributed by atoms with Gasteiger partial charge in [0, 0.05) is 5.75 Å². The Hall–Kier alpha value is 0.660. The summed E-state index contributed by atoms with van der Waals surface area (Å²) in [5.74, 6) is 1.15. The van der Waals surface area contributed by atoms with Gasteiger partial charge >= 0.3 is 0 Å². The van der Waals surface area contributed by atoms with Crippen molar-refractivity contribution in [2.45, 2.75) is 6.42 Å². The molecule has 0 radical (unpaired) electrons. The third kappa shape index (κ3) is 6.66. The van der Waals surface area contributed by atoms with Gasteiger partial charge in [-0.2, -0.15) is 0 Å². The van der Waals surface area contributed by atoms with Gasteiger partial charge in [-0.15, -0.1) is 11.7 Å². The van der Waals surface area contributed by atoms with Crippen molar-refractivity contribution in [3.05, 3.63) is 0 Å². The molecule has 0 aromatic rings. The standard InChI is InChI=1S/C5H13NS2/c1-6(2)4-3-5-8-7/h7H,3-5H2,1-2H3. The SMILES string of the molecule is CN(C)CCCSS. The number of thiol groups is 1. The molecule has 0 fully saturated rings. The Bertz CT molecular complexity index is 47.7. The van der Waals surface area contributed by atoms with Gasteiger partial charge in [0.1, 0.15) is 0 Å². The van der Waals surface area contributed by atoms with Crippen LogP contribution in [0.5, 0.6) is 0 Å². The molecule has 0 aliphatic rings. The zero-order chi connectivity index (χ0) is 6.41. The van der Waals surface area contributed by atoms with E-state index in [1.807, 2.05) is 0 Å². The molecule has 0 heterocycles. The van der Waals surface area contributed by atoms with Crippen molar-refractivity contribution < 1.29 is 0 Å². The molecule has 0 amide bonds. The predicted molar refractivity (Wildman–Crippen MR) is 44.6 cm³/mol. The molecule has 0 spiro atoms. The van der Waals surface area contributed by atoms with Crippen LogP contribution in [0.1, 0.15) is 6.42 Å². The summed E-state index contributed by atoms with van der Waals surface area (Å²) in [6.45, 7) is 1.17. The van der Waals surface area contributed by atoms with Crippen LogP contribution in [-0.2, 0) is 0 Å². The highest BCUT2D eigenvalue weighted by molar-refractivity contribution is 8.68. The highest BCUT2D eigenvalue weighted by Crippen LogP contribution is 2.05. The van der Waals surface area contributed by atoms with Crippen molar-refractivity contribution in [2.75, 3.05) is 26.4 Å². The van der Waals surface area contributed by atoms with E-state index in [9.17, 15) is 0 Å². The van der Waals surface area contributed by atoms with Gasteiger partial charge in [-0.1, -0.05) is 10.8 Å². The largest absolute Gasteiger partial charge is 0.309 e. The lowest BCUT2D eigenvalue weighted by Gasteiger charge is -2.06. The molecule has 50 valence electrons. The monoisotopic (exact) mass is 151 g/mol. The maximum absolute atomic E-state index is 4.02. The van der Waals surface area contributed by atoms with E-state index < -0.39 is 0 Å². The van der Waals surface area contributed by atoms with E-state index in [1.165, 1.54) is 13.0 Å². The molecule has 0 aromatic heterocycles. The van der Waals surface area contributed by atoms with Crippen molar-refractivity contribution in [2.24, 2.45) is 0 Å². The minimum Gasteiger partial charge on any atom is -0.309 e. The maximum Gasteiger partial charge on any atom is 0.00466 e. The third-order valence-corrected chi connectivity index (χ3v) is 1.86. The molecule has 8 heavy (non-hydrogen) atoms. The highest BCUT2D eigenvalue weighted by atomic mass is 33.1. The van der Waals surface area contributed by atoms with Crippen molar-refractivity contribution >= 4 is 22.5 Å². The number of hydrogen-bond donors (Lipinski definition) is 1. The molecule has 3 heteroatoms. The third-order valence-electron chi connectivity index (χ3n) is 0.841. The Morgan fingerprint density at radius 3 is 2.50 bits per heavy atom. The first-order chi connectivity index (χ1) is 3.77. The molecule has 0 saturated heterocycles. The average molecular weight is 151 g/mol. The van der Waals surface area contributed by atoms with Gasteiger partial charge in [0.2, 0.25) is 0 Å². The van der Waals surface area contributed by atoms with Crippen LogP contribution in [0.3, 0.4) is 0 Å². The van der Waals surface area contributed by atoms with E-state index in [0.717, 1.165) is 5.75 Å². The molecular formula is C5H13NS2. The molecule has 0 saturated carbocycles. The zero-order valence-corrected chi connectivity index (χ0v) is 7.13. The average Bonchev–Trinajstić information content (AvgIpc) is 1.66. The molecule has 0 atom stereocenters. The Balaban J connectivity index is 2.72. The van der Waals surface area contributed by atoms with Crippen molar-refractivity contribution in [1.82, 2.24) is 4.90 Å². The van der Waals surface area contributed by atoms with Gasteiger partial charge < -0.3 is 4.90 Å². The number of rotatable bonds is 4. The van der Waals surface area contributed by atoms with Crippen molar-refractivity contribution in [3.8, 4) is 0 Å². The summed E-state index contributed by atoms with van der Waals surface area (Å²) in [5, 5.41) is 0.